The Labute approximate surface area is 152 Å². The third-order valence-corrected chi connectivity index (χ3v) is 4.85. The molecule has 130 valence electrons. The Hall–Kier alpha value is -3.11. The fourth-order valence-electron chi connectivity index (χ4n) is 3.44. The molecular weight excluding hydrogens is 324 g/mol. The van der Waals surface area contributed by atoms with Crippen LogP contribution in [0.3, 0.4) is 0 Å². The maximum atomic E-state index is 13.0. The number of hydrogen-bond donors (Lipinski definition) is 2. The van der Waals surface area contributed by atoms with E-state index in [0.29, 0.717) is 25.2 Å². The van der Waals surface area contributed by atoms with E-state index in [1.54, 1.807) is 11.0 Å². The largest absolute Gasteiger partial charge is 0.508 e. The molecule has 0 radical (unpaired) electrons. The van der Waals surface area contributed by atoms with Crippen LogP contribution in [-0.2, 0) is 19.6 Å². The molecule has 0 atom stereocenters. The summed E-state index contributed by atoms with van der Waals surface area (Å²) in [6, 6.07) is 21.1. The lowest BCUT2D eigenvalue weighted by atomic mass is 10.0. The van der Waals surface area contributed by atoms with Crippen molar-refractivity contribution in [2.75, 3.05) is 0 Å². The van der Waals surface area contributed by atoms with Crippen LogP contribution in [0.5, 0.6) is 5.75 Å². The zero-order valence-electron chi connectivity index (χ0n) is 14.4. The van der Waals surface area contributed by atoms with Crippen molar-refractivity contribution in [3.05, 3.63) is 89.0 Å². The number of phenolic OH excluding ortho intramolecular Hbond substituents is 1. The monoisotopic (exact) mass is 344 g/mol. The van der Waals surface area contributed by atoms with Crippen molar-refractivity contribution in [3.8, 4) is 16.9 Å². The number of rotatable bonds is 3. The van der Waals surface area contributed by atoms with Crippen molar-refractivity contribution in [1.82, 2.24) is 4.90 Å². The lowest BCUT2D eigenvalue weighted by molar-refractivity contribution is 0.0751. The first-order valence-corrected chi connectivity index (χ1v) is 8.64. The van der Waals surface area contributed by atoms with Gasteiger partial charge in [-0.05, 0) is 46.5 Å². The molecule has 0 aromatic heterocycles. The van der Waals surface area contributed by atoms with Gasteiger partial charge < -0.3 is 15.7 Å². The zero-order valence-corrected chi connectivity index (χ0v) is 14.4. The Morgan fingerprint density at radius 2 is 1.69 bits per heavy atom. The number of nitrogens with two attached hydrogens (primary N) is 1. The van der Waals surface area contributed by atoms with Crippen molar-refractivity contribution >= 4 is 5.91 Å². The molecule has 0 fully saturated rings. The maximum Gasteiger partial charge on any atom is 0.254 e. The van der Waals surface area contributed by atoms with Gasteiger partial charge in [-0.2, -0.15) is 0 Å². The van der Waals surface area contributed by atoms with Crippen molar-refractivity contribution in [2.45, 2.75) is 19.6 Å². The SMILES string of the molecule is NCc1cccc(-c2cccc(C(=O)N3Cc4cccc(O)c4C3)c2)c1. The molecule has 3 aromatic carbocycles. The van der Waals surface area contributed by atoms with Crippen LogP contribution in [0.25, 0.3) is 11.1 Å². The molecule has 3 aromatic rings. The number of hydrogen-bond acceptors (Lipinski definition) is 3. The van der Waals surface area contributed by atoms with Crippen LogP contribution in [-0.4, -0.2) is 15.9 Å². The Morgan fingerprint density at radius 1 is 0.962 bits per heavy atom. The van der Waals surface area contributed by atoms with Gasteiger partial charge in [-0.15, -0.1) is 0 Å². The first-order chi connectivity index (χ1) is 12.7. The van der Waals surface area contributed by atoms with E-state index in [1.165, 1.54) is 0 Å². The molecule has 0 unspecified atom stereocenters. The van der Waals surface area contributed by atoms with E-state index in [2.05, 4.69) is 0 Å². The van der Waals surface area contributed by atoms with Gasteiger partial charge >= 0.3 is 0 Å². The van der Waals surface area contributed by atoms with Crippen LogP contribution in [0.2, 0.25) is 0 Å². The van der Waals surface area contributed by atoms with Crippen LogP contribution in [0.4, 0.5) is 0 Å². The van der Waals surface area contributed by atoms with E-state index in [9.17, 15) is 9.90 Å². The number of aromatic hydroxyl groups is 1. The van der Waals surface area contributed by atoms with Crippen LogP contribution in [0.15, 0.2) is 66.7 Å². The smallest absolute Gasteiger partial charge is 0.254 e. The predicted octanol–water partition coefficient (Wildman–Crippen LogP) is 3.67. The number of amides is 1. The van der Waals surface area contributed by atoms with Crippen LogP contribution in [0.1, 0.15) is 27.0 Å². The molecule has 1 amide bonds. The topological polar surface area (TPSA) is 66.6 Å². The predicted molar refractivity (Wildman–Crippen MR) is 101 cm³/mol. The summed E-state index contributed by atoms with van der Waals surface area (Å²) >= 11 is 0. The summed E-state index contributed by atoms with van der Waals surface area (Å²) in [7, 11) is 0. The van der Waals surface area contributed by atoms with Gasteiger partial charge in [0.2, 0.25) is 0 Å². The molecule has 0 saturated heterocycles. The minimum atomic E-state index is -0.0302. The molecule has 4 rings (SSSR count). The van der Waals surface area contributed by atoms with Gasteiger partial charge in [-0.3, -0.25) is 4.79 Å². The van der Waals surface area contributed by atoms with Gasteiger partial charge in [0.05, 0.1) is 6.54 Å². The third-order valence-electron chi connectivity index (χ3n) is 4.85. The fraction of sp³-hybridized carbons (Fsp3) is 0.136. The number of phenols is 1. The van der Waals surface area contributed by atoms with Crippen molar-refractivity contribution < 1.29 is 9.90 Å². The standard InChI is InChI=1S/C22H20N2O2/c23-12-15-4-1-5-16(10-15)17-6-2-7-18(11-17)22(26)24-13-19-8-3-9-21(25)20(19)14-24/h1-11,25H,12-14,23H2. The second kappa shape index (κ2) is 6.65. The Kier molecular flexibility index (Phi) is 4.19. The van der Waals surface area contributed by atoms with Gasteiger partial charge in [0.1, 0.15) is 5.75 Å². The lowest BCUT2D eigenvalue weighted by Crippen LogP contribution is -2.25. The number of fused-ring (bicyclic) bond motifs is 1. The summed E-state index contributed by atoms with van der Waals surface area (Å²) in [5.41, 5.74) is 11.3. The summed E-state index contributed by atoms with van der Waals surface area (Å²) in [4.78, 5) is 14.7. The first-order valence-electron chi connectivity index (χ1n) is 8.64. The quantitative estimate of drug-likeness (QED) is 0.762. The molecule has 3 N–H and O–H groups in total. The molecule has 4 heteroatoms. The summed E-state index contributed by atoms with van der Waals surface area (Å²) in [6.07, 6.45) is 0. The van der Waals surface area contributed by atoms with Gasteiger partial charge in [-0.1, -0.05) is 42.5 Å². The molecule has 1 heterocycles. The van der Waals surface area contributed by atoms with Crippen LogP contribution in [0, 0.1) is 0 Å². The first kappa shape index (κ1) is 16.4. The molecule has 1 aliphatic heterocycles. The van der Waals surface area contributed by atoms with E-state index in [4.69, 9.17) is 5.73 Å². The molecule has 0 bridgehead atoms. The highest BCUT2D eigenvalue weighted by Crippen LogP contribution is 2.31. The van der Waals surface area contributed by atoms with Gasteiger partial charge in [0.15, 0.2) is 0 Å². The average molecular weight is 344 g/mol. The molecule has 1 aliphatic rings. The van der Waals surface area contributed by atoms with E-state index >= 15 is 0 Å². The third kappa shape index (κ3) is 2.95. The molecule has 0 saturated carbocycles. The zero-order chi connectivity index (χ0) is 18.1. The molecule has 26 heavy (non-hydrogen) atoms. The molecule has 4 nitrogen and oxygen atoms in total. The number of nitrogens with zero attached hydrogens (tertiary/aromatic N) is 1. The second-order valence-electron chi connectivity index (χ2n) is 6.56. The number of carbonyl (C=O) groups is 1. The van der Waals surface area contributed by atoms with E-state index in [0.717, 1.165) is 27.8 Å². The number of carbonyl (C=O) groups excluding carboxylic acids is 1. The Morgan fingerprint density at radius 3 is 2.46 bits per heavy atom. The highest BCUT2D eigenvalue weighted by atomic mass is 16.3. The summed E-state index contributed by atoms with van der Waals surface area (Å²) in [5.74, 6) is 0.225. The summed E-state index contributed by atoms with van der Waals surface area (Å²) < 4.78 is 0. The summed E-state index contributed by atoms with van der Waals surface area (Å²) in [6.45, 7) is 1.45. The fourth-order valence-corrected chi connectivity index (χ4v) is 3.44. The lowest BCUT2D eigenvalue weighted by Gasteiger charge is -2.16. The van der Waals surface area contributed by atoms with Gasteiger partial charge in [-0.25, -0.2) is 0 Å². The molecular formula is C22H20N2O2. The Balaban J connectivity index is 1.61. The maximum absolute atomic E-state index is 13.0. The van der Waals surface area contributed by atoms with Crippen molar-refractivity contribution in [3.63, 3.8) is 0 Å². The van der Waals surface area contributed by atoms with E-state index in [-0.39, 0.29) is 11.7 Å². The number of benzene rings is 3. The second-order valence-corrected chi connectivity index (χ2v) is 6.56. The minimum Gasteiger partial charge on any atom is -0.508 e. The van der Waals surface area contributed by atoms with Crippen LogP contribution < -0.4 is 5.73 Å². The molecule has 0 spiro atoms. The average Bonchev–Trinajstić information content (AvgIpc) is 3.13. The van der Waals surface area contributed by atoms with Gasteiger partial charge in [0.25, 0.3) is 5.91 Å². The molecule has 0 aliphatic carbocycles. The van der Waals surface area contributed by atoms with Crippen molar-refractivity contribution in [1.29, 1.82) is 0 Å². The minimum absolute atomic E-state index is 0.0302. The van der Waals surface area contributed by atoms with Crippen molar-refractivity contribution in [2.24, 2.45) is 5.73 Å². The van der Waals surface area contributed by atoms with Crippen LogP contribution >= 0.6 is 0 Å². The normalized spacial score (nSPS) is 12.9. The van der Waals surface area contributed by atoms with E-state index in [1.807, 2.05) is 60.7 Å². The highest BCUT2D eigenvalue weighted by Gasteiger charge is 2.26. The van der Waals surface area contributed by atoms with Gasteiger partial charge in [0, 0.05) is 24.2 Å². The van der Waals surface area contributed by atoms with E-state index < -0.39 is 0 Å². The Bertz CT molecular complexity index is 981. The summed E-state index contributed by atoms with van der Waals surface area (Å²) in [5, 5.41) is 10.00. The highest BCUT2D eigenvalue weighted by molar-refractivity contribution is 5.95.